The number of fused-ring (bicyclic) bond motifs is 1. The summed E-state index contributed by atoms with van der Waals surface area (Å²) in [5, 5.41) is 20.8. The van der Waals surface area contributed by atoms with Gasteiger partial charge >= 0.3 is 5.91 Å². The third-order valence-corrected chi connectivity index (χ3v) is 10.0. The maximum atomic E-state index is 13.9. The molecule has 0 radical (unpaired) electrons. The molecule has 48 heavy (non-hydrogen) atoms. The van der Waals surface area contributed by atoms with Crippen LogP contribution >= 0.6 is 23.1 Å². The van der Waals surface area contributed by atoms with Gasteiger partial charge in [0.15, 0.2) is 21.6 Å². The van der Waals surface area contributed by atoms with Crippen LogP contribution in [0.3, 0.4) is 0 Å². The molecule has 0 saturated carbocycles. The number of aliphatic hydroxyl groups excluding tert-OH is 1. The molecule has 1 aliphatic heterocycles. The van der Waals surface area contributed by atoms with Gasteiger partial charge in [-0.15, -0.1) is 10.2 Å². The van der Waals surface area contributed by atoms with Crippen molar-refractivity contribution in [1.82, 2.24) is 19.6 Å². The second-order valence-corrected chi connectivity index (χ2v) is 13.1. The van der Waals surface area contributed by atoms with E-state index in [1.807, 2.05) is 66.7 Å². The van der Waals surface area contributed by atoms with Gasteiger partial charge in [0, 0.05) is 11.9 Å². The van der Waals surface area contributed by atoms with E-state index in [4.69, 9.17) is 9.47 Å². The first-order valence-corrected chi connectivity index (χ1v) is 16.8. The lowest BCUT2D eigenvalue weighted by Crippen LogP contribution is -2.29. The Balaban J connectivity index is 1.31. The summed E-state index contributed by atoms with van der Waals surface area (Å²) in [7, 11) is 1.52. The highest BCUT2D eigenvalue weighted by Crippen LogP contribution is 2.46. The Morgan fingerprint density at radius 3 is 2.40 bits per heavy atom. The number of pyridine rings is 1. The summed E-state index contributed by atoms with van der Waals surface area (Å²) >= 11 is 2.69. The number of benzene rings is 3. The van der Waals surface area contributed by atoms with E-state index in [1.54, 1.807) is 47.9 Å². The highest BCUT2D eigenvalue weighted by Gasteiger charge is 2.49. The van der Waals surface area contributed by atoms with Gasteiger partial charge in [0.1, 0.15) is 17.9 Å². The Morgan fingerprint density at radius 2 is 1.65 bits per heavy atom. The number of nitrogens with zero attached hydrogens (tertiary/aromatic N) is 5. The van der Waals surface area contributed by atoms with Crippen LogP contribution in [0.25, 0.3) is 11.4 Å². The molecule has 7 rings (SSSR count). The first-order valence-electron chi connectivity index (χ1n) is 15.0. The zero-order valence-electron chi connectivity index (χ0n) is 25.9. The minimum absolute atomic E-state index is 0.0950. The van der Waals surface area contributed by atoms with Crippen LogP contribution in [0.15, 0.2) is 113 Å². The number of thioether (sulfide) groups is 1. The fourth-order valence-electron chi connectivity index (χ4n) is 5.66. The van der Waals surface area contributed by atoms with E-state index in [2.05, 4.69) is 15.2 Å². The van der Waals surface area contributed by atoms with E-state index >= 15 is 0 Å². The molecule has 6 aromatic rings. The molecule has 3 aromatic heterocycles. The largest absolute Gasteiger partial charge is 0.505 e. The number of anilines is 1. The Labute approximate surface area is 284 Å². The highest BCUT2D eigenvalue weighted by molar-refractivity contribution is 8.00. The number of rotatable bonds is 10. The molecule has 1 aliphatic rings. The second kappa shape index (κ2) is 13.3. The molecule has 1 saturated heterocycles. The van der Waals surface area contributed by atoms with Crippen LogP contribution in [-0.2, 0) is 21.9 Å². The average Bonchev–Trinajstić information content (AvgIpc) is 3.80. The van der Waals surface area contributed by atoms with Gasteiger partial charge in [-0.25, -0.2) is 4.98 Å². The van der Waals surface area contributed by atoms with E-state index in [9.17, 15) is 14.7 Å². The molecule has 240 valence electrons. The molecule has 12 heteroatoms. The number of carbonyl (C=O) groups is 2. The summed E-state index contributed by atoms with van der Waals surface area (Å²) in [5.74, 6) is -0.477. The fourth-order valence-corrected chi connectivity index (χ4v) is 7.48. The predicted octanol–water partition coefficient (Wildman–Crippen LogP) is 7.00. The van der Waals surface area contributed by atoms with Gasteiger partial charge in [0.2, 0.25) is 5.13 Å². The first-order chi connectivity index (χ1) is 23.4. The van der Waals surface area contributed by atoms with Gasteiger partial charge in [0.05, 0.1) is 24.4 Å². The highest BCUT2D eigenvalue weighted by atomic mass is 32.2. The summed E-state index contributed by atoms with van der Waals surface area (Å²) in [4.78, 5) is 33.6. The SMILES string of the molecule is COc1cc(C2/C(=C(\O)c3c(C)nc4ccccn34)C(=O)C(=O)N2c2nnc(SCc3ccccc3)s2)ccc1OCc1ccccc1. The molecular formula is C36H29N5O5S2. The van der Waals surface area contributed by atoms with Gasteiger partial charge in [-0.3, -0.25) is 18.9 Å². The monoisotopic (exact) mass is 675 g/mol. The van der Waals surface area contributed by atoms with Gasteiger partial charge in [-0.05, 0) is 47.9 Å². The maximum Gasteiger partial charge on any atom is 0.301 e. The number of amides is 1. The molecule has 0 bridgehead atoms. The molecule has 1 unspecified atom stereocenters. The number of aromatic nitrogens is 4. The van der Waals surface area contributed by atoms with Crippen molar-refractivity contribution in [3.63, 3.8) is 0 Å². The van der Waals surface area contributed by atoms with E-state index in [-0.39, 0.29) is 16.5 Å². The quantitative estimate of drug-likeness (QED) is 0.0538. The summed E-state index contributed by atoms with van der Waals surface area (Å²) in [5.41, 5.74) is 3.93. The number of ether oxygens (including phenoxy) is 2. The Morgan fingerprint density at radius 1 is 0.917 bits per heavy atom. The number of aliphatic hydroxyl groups is 1. The van der Waals surface area contributed by atoms with Crippen LogP contribution in [0.4, 0.5) is 5.13 Å². The van der Waals surface area contributed by atoms with Crippen molar-refractivity contribution in [2.24, 2.45) is 0 Å². The molecule has 3 aromatic carbocycles. The van der Waals surface area contributed by atoms with Crippen molar-refractivity contribution < 1.29 is 24.2 Å². The topological polar surface area (TPSA) is 119 Å². The number of hydrogen-bond acceptors (Lipinski definition) is 10. The normalized spacial score (nSPS) is 15.7. The van der Waals surface area contributed by atoms with Crippen LogP contribution in [0.2, 0.25) is 0 Å². The Hall–Kier alpha value is -5.46. The number of aryl methyl sites for hydroxylation is 1. The molecule has 4 heterocycles. The van der Waals surface area contributed by atoms with Gasteiger partial charge in [0.25, 0.3) is 5.78 Å². The molecule has 10 nitrogen and oxygen atoms in total. The van der Waals surface area contributed by atoms with Crippen molar-refractivity contribution >= 4 is 51.3 Å². The smallest absolute Gasteiger partial charge is 0.301 e. The third-order valence-electron chi connectivity index (χ3n) is 7.92. The molecule has 0 aliphatic carbocycles. The summed E-state index contributed by atoms with van der Waals surface area (Å²) in [6.07, 6.45) is 1.75. The van der Waals surface area contributed by atoms with E-state index < -0.39 is 17.7 Å². The fraction of sp³-hybridized carbons (Fsp3) is 0.139. The molecule has 0 spiro atoms. The van der Waals surface area contributed by atoms with E-state index in [1.165, 1.54) is 35.1 Å². The van der Waals surface area contributed by atoms with Crippen molar-refractivity contribution in [3.05, 3.63) is 137 Å². The van der Waals surface area contributed by atoms with Crippen molar-refractivity contribution in [3.8, 4) is 11.5 Å². The average molecular weight is 676 g/mol. The van der Waals surface area contributed by atoms with Crippen molar-refractivity contribution in [2.75, 3.05) is 12.0 Å². The predicted molar refractivity (Wildman–Crippen MR) is 184 cm³/mol. The van der Waals surface area contributed by atoms with Crippen LogP contribution in [-0.4, -0.2) is 43.5 Å². The number of carbonyl (C=O) groups excluding carboxylic acids is 2. The van der Waals surface area contributed by atoms with Crippen LogP contribution in [0.5, 0.6) is 11.5 Å². The van der Waals surface area contributed by atoms with E-state index in [0.29, 0.717) is 50.8 Å². The number of imidazole rings is 1. The third kappa shape index (κ3) is 5.91. The van der Waals surface area contributed by atoms with Crippen LogP contribution < -0.4 is 14.4 Å². The van der Waals surface area contributed by atoms with Crippen molar-refractivity contribution in [1.29, 1.82) is 0 Å². The minimum Gasteiger partial charge on any atom is -0.505 e. The number of Topliss-reactive ketones (excluding diaryl/α,β-unsaturated/α-hetero) is 1. The van der Waals surface area contributed by atoms with Crippen LogP contribution in [0, 0.1) is 6.92 Å². The number of methoxy groups -OCH3 is 1. The van der Waals surface area contributed by atoms with Crippen LogP contribution in [0.1, 0.15) is 34.1 Å². The molecule has 1 N–H and O–H groups in total. The standard InChI is InChI=1S/C36H29N5O5S2/c1-22-30(40-18-10-9-15-28(40)37-22)32(42)29-31(25-16-17-26(27(19-25)45-2)46-20-23-11-5-3-6-12-23)41(34(44)33(29)43)35-38-39-36(48-35)47-21-24-13-7-4-8-14-24/h3-19,31,42H,20-21H2,1-2H3/b32-29+. The molecular weight excluding hydrogens is 647 g/mol. The second-order valence-electron chi connectivity index (χ2n) is 11.0. The van der Waals surface area contributed by atoms with Gasteiger partial charge < -0.3 is 14.6 Å². The zero-order valence-corrected chi connectivity index (χ0v) is 27.6. The summed E-state index contributed by atoms with van der Waals surface area (Å²) in [6, 6.07) is 29.3. The van der Waals surface area contributed by atoms with E-state index in [0.717, 1.165) is 11.1 Å². The van der Waals surface area contributed by atoms with Gasteiger partial charge in [-0.2, -0.15) is 0 Å². The molecule has 1 amide bonds. The van der Waals surface area contributed by atoms with Crippen molar-refractivity contribution in [2.45, 2.75) is 29.7 Å². The maximum absolute atomic E-state index is 13.9. The lowest BCUT2D eigenvalue weighted by Gasteiger charge is -2.23. The van der Waals surface area contributed by atoms with Gasteiger partial charge in [-0.1, -0.05) is 95.9 Å². The summed E-state index contributed by atoms with van der Waals surface area (Å²) < 4.78 is 14.1. The summed E-state index contributed by atoms with van der Waals surface area (Å²) in [6.45, 7) is 2.06. The first kappa shape index (κ1) is 31.2. The number of hydrogen-bond donors (Lipinski definition) is 1. The Bertz CT molecular complexity index is 2160. The molecule has 1 fully saturated rings. The Kier molecular flexibility index (Phi) is 8.66. The number of ketones is 1. The minimum atomic E-state index is -1.05. The zero-order chi connectivity index (χ0) is 33.2. The molecule has 1 atom stereocenters. The lowest BCUT2D eigenvalue weighted by atomic mass is 9.96. The lowest BCUT2D eigenvalue weighted by molar-refractivity contribution is -0.132.